The number of nitrogens with zero attached hydrogens (tertiary/aromatic N) is 6. The minimum atomic E-state index is -0.844. The second kappa shape index (κ2) is 7.55. The highest BCUT2D eigenvalue weighted by Crippen LogP contribution is 2.47. The highest BCUT2D eigenvalue weighted by atomic mass is 16.2. The van der Waals surface area contributed by atoms with E-state index in [0.29, 0.717) is 43.0 Å². The van der Waals surface area contributed by atoms with Crippen molar-refractivity contribution >= 4 is 23.0 Å². The molecule has 0 radical (unpaired) electrons. The van der Waals surface area contributed by atoms with Crippen molar-refractivity contribution in [1.29, 1.82) is 5.26 Å². The molecule has 2 fully saturated rings. The van der Waals surface area contributed by atoms with E-state index >= 15 is 0 Å². The number of likely N-dealkylation sites (tertiary alicyclic amines) is 1. The number of carbonyl (C=O) groups is 2. The van der Waals surface area contributed by atoms with Crippen molar-refractivity contribution in [3.05, 3.63) is 42.2 Å². The zero-order valence-corrected chi connectivity index (χ0v) is 18.4. The summed E-state index contributed by atoms with van der Waals surface area (Å²) in [4.78, 5) is 35.3. The van der Waals surface area contributed by atoms with Gasteiger partial charge in [0.2, 0.25) is 5.91 Å². The highest BCUT2D eigenvalue weighted by Gasteiger charge is 2.54. The lowest BCUT2D eigenvalue weighted by atomic mass is 10.1. The monoisotopic (exact) mass is 444 g/mol. The second-order valence-corrected chi connectivity index (χ2v) is 9.01. The standard InChI is InChI=1S/C23H24N8O2/c1-13-9-30(22(33)23(12-24)3-4-23)11-18(13)29-20-17(21(25)32)8-28-31-10-15(5-19(20)31)16-6-26-14(2)27-7-16/h5-8,10,13,18,29H,3-4,9,11H2,1-2H3,(H2,25,32)/t13-,18-/m1/s1. The van der Waals surface area contributed by atoms with Crippen LogP contribution in [0.25, 0.3) is 16.6 Å². The Morgan fingerprint density at radius 1 is 1.21 bits per heavy atom. The molecule has 2 atom stereocenters. The third kappa shape index (κ3) is 3.55. The lowest BCUT2D eigenvalue weighted by Crippen LogP contribution is -2.36. The zero-order valence-electron chi connectivity index (χ0n) is 18.4. The molecule has 5 rings (SSSR count). The average molecular weight is 444 g/mol. The van der Waals surface area contributed by atoms with Gasteiger partial charge >= 0.3 is 0 Å². The number of nitrogens with two attached hydrogens (primary N) is 1. The van der Waals surface area contributed by atoms with Gasteiger partial charge in [-0.2, -0.15) is 10.4 Å². The second-order valence-electron chi connectivity index (χ2n) is 9.01. The van der Waals surface area contributed by atoms with E-state index in [2.05, 4.69) is 26.5 Å². The highest BCUT2D eigenvalue weighted by molar-refractivity contribution is 6.02. The van der Waals surface area contributed by atoms with Gasteiger partial charge in [0.1, 0.15) is 11.2 Å². The average Bonchev–Trinajstić information content (AvgIpc) is 3.34. The molecule has 2 aliphatic rings. The van der Waals surface area contributed by atoms with Crippen LogP contribution in [0, 0.1) is 29.6 Å². The minimum Gasteiger partial charge on any atom is -0.378 e. The molecule has 4 heterocycles. The molecule has 3 aromatic rings. The number of amides is 2. The van der Waals surface area contributed by atoms with Crippen molar-refractivity contribution < 1.29 is 9.59 Å². The van der Waals surface area contributed by atoms with E-state index in [1.54, 1.807) is 21.8 Å². The molecule has 33 heavy (non-hydrogen) atoms. The molecule has 0 aromatic carbocycles. The first-order valence-electron chi connectivity index (χ1n) is 10.9. The molecule has 0 spiro atoms. The summed E-state index contributed by atoms with van der Waals surface area (Å²) in [5.74, 6) is 0.115. The van der Waals surface area contributed by atoms with E-state index < -0.39 is 11.3 Å². The van der Waals surface area contributed by atoms with Crippen LogP contribution in [0.1, 0.15) is 35.9 Å². The summed E-state index contributed by atoms with van der Waals surface area (Å²) in [7, 11) is 0. The fourth-order valence-electron chi connectivity index (χ4n) is 4.40. The number of aryl methyl sites for hydroxylation is 1. The first kappa shape index (κ1) is 20.9. The maximum absolute atomic E-state index is 12.9. The van der Waals surface area contributed by atoms with Gasteiger partial charge in [0, 0.05) is 48.8 Å². The van der Waals surface area contributed by atoms with Crippen LogP contribution in [0.4, 0.5) is 5.69 Å². The number of aromatic nitrogens is 4. The Hall–Kier alpha value is -4.00. The van der Waals surface area contributed by atoms with Crippen molar-refractivity contribution in [2.75, 3.05) is 18.4 Å². The van der Waals surface area contributed by atoms with Crippen LogP contribution in [-0.2, 0) is 4.79 Å². The number of hydrogen-bond donors (Lipinski definition) is 2. The molecule has 3 aromatic heterocycles. The molecule has 2 amide bonds. The maximum Gasteiger partial charge on any atom is 0.252 e. The predicted octanol–water partition coefficient (Wildman–Crippen LogP) is 1.76. The summed E-state index contributed by atoms with van der Waals surface area (Å²) in [6.07, 6.45) is 8.02. The van der Waals surface area contributed by atoms with Crippen molar-refractivity contribution in [2.45, 2.75) is 32.7 Å². The van der Waals surface area contributed by atoms with Gasteiger partial charge in [-0.15, -0.1) is 0 Å². The molecule has 10 nitrogen and oxygen atoms in total. The van der Waals surface area contributed by atoms with Crippen LogP contribution in [-0.4, -0.2) is 55.4 Å². The predicted molar refractivity (Wildman–Crippen MR) is 120 cm³/mol. The Kier molecular flexibility index (Phi) is 4.78. The number of fused-ring (bicyclic) bond motifs is 1. The molecule has 1 aliphatic carbocycles. The summed E-state index contributed by atoms with van der Waals surface area (Å²) < 4.78 is 1.68. The van der Waals surface area contributed by atoms with Crippen molar-refractivity contribution in [1.82, 2.24) is 24.5 Å². The summed E-state index contributed by atoms with van der Waals surface area (Å²) in [5, 5.41) is 17.2. The Morgan fingerprint density at radius 2 is 1.94 bits per heavy atom. The molecule has 1 aliphatic heterocycles. The van der Waals surface area contributed by atoms with Gasteiger partial charge in [-0.1, -0.05) is 6.92 Å². The number of primary amides is 1. The largest absolute Gasteiger partial charge is 0.378 e. The van der Waals surface area contributed by atoms with Gasteiger partial charge in [0.25, 0.3) is 5.91 Å². The molecule has 0 bridgehead atoms. The van der Waals surface area contributed by atoms with Crippen LogP contribution < -0.4 is 11.1 Å². The first-order valence-corrected chi connectivity index (χ1v) is 10.9. The summed E-state index contributed by atoms with van der Waals surface area (Å²) in [6, 6.07) is 3.99. The normalized spacial score (nSPS) is 21.1. The molecular formula is C23H24N8O2. The van der Waals surface area contributed by atoms with Crippen LogP contribution in [0.3, 0.4) is 0 Å². The topological polar surface area (TPSA) is 142 Å². The molecule has 3 N–H and O–H groups in total. The smallest absolute Gasteiger partial charge is 0.252 e. The van der Waals surface area contributed by atoms with E-state index in [1.807, 2.05) is 26.1 Å². The lowest BCUT2D eigenvalue weighted by Gasteiger charge is -2.21. The fraction of sp³-hybridized carbons (Fsp3) is 0.391. The number of hydrogen-bond acceptors (Lipinski definition) is 7. The molecular weight excluding hydrogens is 420 g/mol. The van der Waals surface area contributed by atoms with Gasteiger partial charge in [-0.25, -0.2) is 14.5 Å². The van der Waals surface area contributed by atoms with E-state index in [9.17, 15) is 14.9 Å². The SMILES string of the molecule is Cc1ncc(-c2cc3c(N[C@@H]4CN(C(=O)C5(C#N)CC5)C[C@H]4C)c(C(N)=O)cnn3c2)cn1. The quantitative estimate of drug-likeness (QED) is 0.610. The van der Waals surface area contributed by atoms with Crippen LogP contribution >= 0.6 is 0 Å². The van der Waals surface area contributed by atoms with Crippen LogP contribution in [0.15, 0.2) is 30.9 Å². The van der Waals surface area contributed by atoms with E-state index in [4.69, 9.17) is 5.73 Å². The molecule has 10 heteroatoms. The maximum atomic E-state index is 12.9. The van der Waals surface area contributed by atoms with Gasteiger partial charge in [-0.3, -0.25) is 9.59 Å². The van der Waals surface area contributed by atoms with E-state index in [0.717, 1.165) is 11.1 Å². The number of anilines is 1. The van der Waals surface area contributed by atoms with Crippen molar-refractivity contribution in [3.63, 3.8) is 0 Å². The minimum absolute atomic E-state index is 0.0968. The molecule has 1 saturated heterocycles. The number of nitrogens with one attached hydrogen (secondary N) is 1. The van der Waals surface area contributed by atoms with Gasteiger partial charge in [0.05, 0.1) is 29.0 Å². The van der Waals surface area contributed by atoms with E-state index in [-0.39, 0.29) is 23.4 Å². The Morgan fingerprint density at radius 3 is 2.58 bits per heavy atom. The zero-order chi connectivity index (χ0) is 23.3. The Balaban J connectivity index is 1.48. The summed E-state index contributed by atoms with van der Waals surface area (Å²) >= 11 is 0. The van der Waals surface area contributed by atoms with Crippen LogP contribution in [0.5, 0.6) is 0 Å². The Bertz CT molecular complexity index is 1300. The lowest BCUT2D eigenvalue weighted by molar-refractivity contribution is -0.134. The van der Waals surface area contributed by atoms with Crippen molar-refractivity contribution in [2.24, 2.45) is 17.1 Å². The van der Waals surface area contributed by atoms with Crippen molar-refractivity contribution in [3.8, 4) is 17.2 Å². The number of nitriles is 1. The molecule has 1 saturated carbocycles. The summed E-state index contributed by atoms with van der Waals surface area (Å²) in [6.45, 7) is 4.88. The number of carbonyl (C=O) groups excluding carboxylic acids is 2. The third-order valence-electron chi connectivity index (χ3n) is 6.62. The fourth-order valence-corrected chi connectivity index (χ4v) is 4.40. The number of rotatable bonds is 5. The van der Waals surface area contributed by atoms with E-state index in [1.165, 1.54) is 6.20 Å². The first-order chi connectivity index (χ1) is 15.8. The van der Waals surface area contributed by atoms with Gasteiger partial charge in [-0.05, 0) is 31.7 Å². The molecule has 0 unspecified atom stereocenters. The third-order valence-corrected chi connectivity index (χ3v) is 6.62. The summed E-state index contributed by atoms with van der Waals surface area (Å²) in [5.41, 5.74) is 8.04. The van der Waals surface area contributed by atoms with Gasteiger partial charge in [0.15, 0.2) is 0 Å². The Labute approximate surface area is 190 Å². The van der Waals surface area contributed by atoms with Gasteiger partial charge < -0.3 is 16.0 Å². The van der Waals surface area contributed by atoms with Crippen LogP contribution in [0.2, 0.25) is 0 Å². The molecule has 168 valence electrons.